The number of nitrogens with one attached hydrogen (secondary N) is 1. The van der Waals surface area contributed by atoms with Crippen LogP contribution in [0.1, 0.15) is 24.2 Å². The molecule has 122 valence electrons. The lowest BCUT2D eigenvalue weighted by molar-refractivity contribution is 0.414. The molecule has 0 bridgehead atoms. The summed E-state index contributed by atoms with van der Waals surface area (Å²) in [5, 5.41) is 3.42. The normalized spacial score (nSPS) is 14.1. The van der Waals surface area contributed by atoms with Crippen molar-refractivity contribution in [2.24, 2.45) is 0 Å². The number of ether oxygens (including phenoxy) is 1. The lowest BCUT2D eigenvalue weighted by Gasteiger charge is -2.17. The number of aryl methyl sites for hydroxylation is 1. The number of methoxy groups -OCH3 is 1. The van der Waals surface area contributed by atoms with Crippen LogP contribution in [-0.2, 0) is 6.42 Å². The molecule has 0 aliphatic carbocycles. The maximum Gasteiger partial charge on any atom is 0.134 e. The number of benzene rings is 1. The predicted octanol–water partition coefficient (Wildman–Crippen LogP) is 3.05. The molecule has 1 aromatic heterocycles. The third kappa shape index (κ3) is 4.12. The Balaban J connectivity index is 1.61. The summed E-state index contributed by atoms with van der Waals surface area (Å²) < 4.78 is 5.26. The number of hydrogen-bond donors (Lipinski definition) is 1. The zero-order valence-electron chi connectivity index (χ0n) is 13.9. The molecule has 0 amide bonds. The van der Waals surface area contributed by atoms with E-state index in [9.17, 15) is 0 Å². The van der Waals surface area contributed by atoms with Crippen LogP contribution < -0.4 is 15.0 Å². The third-order valence-electron chi connectivity index (χ3n) is 4.11. The Bertz CT molecular complexity index is 653. The van der Waals surface area contributed by atoms with Gasteiger partial charge in [-0.3, -0.25) is 0 Å². The number of anilines is 2. The summed E-state index contributed by atoms with van der Waals surface area (Å²) in [6.45, 7) is 4.98. The van der Waals surface area contributed by atoms with Gasteiger partial charge in [-0.15, -0.1) is 0 Å². The maximum absolute atomic E-state index is 5.26. The van der Waals surface area contributed by atoms with Crippen LogP contribution in [0.2, 0.25) is 0 Å². The Kier molecular flexibility index (Phi) is 4.95. The minimum Gasteiger partial charge on any atom is -0.497 e. The summed E-state index contributed by atoms with van der Waals surface area (Å²) in [5.41, 5.74) is 1.25. The zero-order valence-corrected chi connectivity index (χ0v) is 13.9. The molecule has 1 aromatic carbocycles. The van der Waals surface area contributed by atoms with Gasteiger partial charge in [-0.25, -0.2) is 9.97 Å². The molecule has 1 aliphatic rings. The van der Waals surface area contributed by atoms with Crippen LogP contribution in [0.5, 0.6) is 5.75 Å². The Hall–Kier alpha value is -2.30. The highest BCUT2D eigenvalue weighted by Crippen LogP contribution is 2.20. The summed E-state index contributed by atoms with van der Waals surface area (Å²) in [5.74, 6) is 3.66. The lowest BCUT2D eigenvalue weighted by Crippen LogP contribution is -2.20. The minimum absolute atomic E-state index is 0.818. The third-order valence-corrected chi connectivity index (χ3v) is 4.11. The topological polar surface area (TPSA) is 50.3 Å². The van der Waals surface area contributed by atoms with Crippen molar-refractivity contribution in [1.82, 2.24) is 9.97 Å². The molecular formula is C18H24N4O. The van der Waals surface area contributed by atoms with Crippen molar-refractivity contribution < 1.29 is 4.74 Å². The SMILES string of the molecule is COc1cccc(CCNc2cc(N3CCCC3)nc(C)n2)c1. The second-order valence-corrected chi connectivity index (χ2v) is 5.88. The van der Waals surface area contributed by atoms with Crippen molar-refractivity contribution in [2.75, 3.05) is 37.0 Å². The molecular weight excluding hydrogens is 288 g/mol. The van der Waals surface area contributed by atoms with Gasteiger partial charge in [0.05, 0.1) is 7.11 Å². The highest BCUT2D eigenvalue weighted by Gasteiger charge is 2.14. The molecule has 5 nitrogen and oxygen atoms in total. The largest absolute Gasteiger partial charge is 0.497 e. The van der Waals surface area contributed by atoms with Gasteiger partial charge in [0.2, 0.25) is 0 Å². The van der Waals surface area contributed by atoms with Gasteiger partial charge in [0.1, 0.15) is 23.2 Å². The molecule has 0 radical (unpaired) electrons. The van der Waals surface area contributed by atoms with E-state index in [0.29, 0.717) is 0 Å². The second kappa shape index (κ2) is 7.31. The number of rotatable bonds is 6. The first-order valence-corrected chi connectivity index (χ1v) is 8.22. The maximum atomic E-state index is 5.26. The summed E-state index contributed by atoms with van der Waals surface area (Å²) in [7, 11) is 1.70. The highest BCUT2D eigenvalue weighted by molar-refractivity contribution is 5.50. The van der Waals surface area contributed by atoms with Crippen molar-refractivity contribution in [3.8, 4) is 5.75 Å². The standard InChI is InChI=1S/C18H24N4O/c1-14-20-17(13-18(21-14)22-10-3-4-11-22)19-9-8-15-6-5-7-16(12-15)23-2/h5-7,12-13H,3-4,8-11H2,1-2H3,(H,19,20,21). The van der Waals surface area contributed by atoms with Crippen LogP contribution in [0.3, 0.4) is 0 Å². The van der Waals surface area contributed by atoms with E-state index in [1.807, 2.05) is 19.1 Å². The first-order chi connectivity index (χ1) is 11.2. The molecule has 1 aliphatic heterocycles. The van der Waals surface area contributed by atoms with Crippen LogP contribution in [0.25, 0.3) is 0 Å². The Labute approximate surface area is 137 Å². The second-order valence-electron chi connectivity index (χ2n) is 5.88. The van der Waals surface area contributed by atoms with E-state index in [0.717, 1.165) is 49.3 Å². The van der Waals surface area contributed by atoms with Gasteiger partial charge in [-0.2, -0.15) is 0 Å². The van der Waals surface area contributed by atoms with Crippen LogP contribution in [-0.4, -0.2) is 36.7 Å². The van der Waals surface area contributed by atoms with Crippen LogP contribution >= 0.6 is 0 Å². The van der Waals surface area contributed by atoms with Crippen LogP contribution in [0, 0.1) is 6.92 Å². The molecule has 23 heavy (non-hydrogen) atoms. The van der Waals surface area contributed by atoms with Crippen molar-refractivity contribution >= 4 is 11.6 Å². The molecule has 3 rings (SSSR count). The van der Waals surface area contributed by atoms with Crippen molar-refractivity contribution in [2.45, 2.75) is 26.2 Å². The number of hydrogen-bond acceptors (Lipinski definition) is 5. The molecule has 0 spiro atoms. The highest BCUT2D eigenvalue weighted by atomic mass is 16.5. The molecule has 2 heterocycles. The van der Waals surface area contributed by atoms with Crippen LogP contribution in [0.15, 0.2) is 30.3 Å². The van der Waals surface area contributed by atoms with E-state index in [1.165, 1.54) is 18.4 Å². The van der Waals surface area contributed by atoms with Gasteiger partial charge in [0, 0.05) is 25.7 Å². The molecule has 0 saturated carbocycles. The molecule has 0 unspecified atom stereocenters. The molecule has 5 heteroatoms. The van der Waals surface area contributed by atoms with E-state index in [-0.39, 0.29) is 0 Å². The quantitative estimate of drug-likeness (QED) is 0.888. The fourth-order valence-corrected chi connectivity index (χ4v) is 2.91. The fourth-order valence-electron chi connectivity index (χ4n) is 2.91. The van der Waals surface area contributed by atoms with E-state index in [2.05, 4.69) is 38.4 Å². The Morgan fingerprint density at radius 1 is 1.17 bits per heavy atom. The van der Waals surface area contributed by atoms with Gasteiger partial charge in [0.25, 0.3) is 0 Å². The van der Waals surface area contributed by atoms with Gasteiger partial charge in [-0.1, -0.05) is 12.1 Å². The van der Waals surface area contributed by atoms with Gasteiger partial charge in [0.15, 0.2) is 0 Å². The minimum atomic E-state index is 0.818. The Morgan fingerprint density at radius 2 is 2.00 bits per heavy atom. The summed E-state index contributed by atoms with van der Waals surface area (Å²) in [6.07, 6.45) is 3.43. The lowest BCUT2D eigenvalue weighted by atomic mass is 10.1. The Morgan fingerprint density at radius 3 is 2.78 bits per heavy atom. The molecule has 0 atom stereocenters. The van der Waals surface area contributed by atoms with E-state index >= 15 is 0 Å². The summed E-state index contributed by atoms with van der Waals surface area (Å²) in [4.78, 5) is 11.4. The van der Waals surface area contributed by atoms with E-state index in [4.69, 9.17) is 4.74 Å². The average Bonchev–Trinajstić information content (AvgIpc) is 3.09. The van der Waals surface area contributed by atoms with E-state index < -0.39 is 0 Å². The molecule has 2 aromatic rings. The monoisotopic (exact) mass is 312 g/mol. The summed E-state index contributed by atoms with van der Waals surface area (Å²) >= 11 is 0. The van der Waals surface area contributed by atoms with Gasteiger partial charge in [-0.05, 0) is 43.9 Å². The zero-order chi connectivity index (χ0) is 16.1. The first kappa shape index (κ1) is 15.6. The van der Waals surface area contributed by atoms with Crippen molar-refractivity contribution in [3.63, 3.8) is 0 Å². The fraction of sp³-hybridized carbons (Fsp3) is 0.444. The molecule has 1 fully saturated rings. The average molecular weight is 312 g/mol. The van der Waals surface area contributed by atoms with E-state index in [1.54, 1.807) is 7.11 Å². The predicted molar refractivity (Wildman–Crippen MR) is 93.4 cm³/mol. The number of aromatic nitrogens is 2. The van der Waals surface area contributed by atoms with Gasteiger partial charge < -0.3 is 15.0 Å². The van der Waals surface area contributed by atoms with Crippen LogP contribution in [0.4, 0.5) is 11.6 Å². The first-order valence-electron chi connectivity index (χ1n) is 8.22. The molecule has 1 saturated heterocycles. The number of nitrogens with zero attached hydrogens (tertiary/aromatic N) is 3. The van der Waals surface area contributed by atoms with Gasteiger partial charge >= 0.3 is 0 Å². The molecule has 1 N–H and O–H groups in total. The van der Waals surface area contributed by atoms with Crippen molar-refractivity contribution in [1.29, 1.82) is 0 Å². The smallest absolute Gasteiger partial charge is 0.134 e. The summed E-state index contributed by atoms with van der Waals surface area (Å²) in [6, 6.07) is 10.2. The van der Waals surface area contributed by atoms with Crippen molar-refractivity contribution in [3.05, 3.63) is 41.7 Å².